The van der Waals surface area contributed by atoms with Crippen LogP contribution in [-0.2, 0) is 13.0 Å². The maximum absolute atomic E-state index is 12.1. The zero-order chi connectivity index (χ0) is 17.4. The van der Waals surface area contributed by atoms with Gasteiger partial charge in [-0.05, 0) is 29.7 Å². The van der Waals surface area contributed by atoms with Gasteiger partial charge < -0.3 is 19.7 Å². The van der Waals surface area contributed by atoms with Gasteiger partial charge in [-0.3, -0.25) is 0 Å². The first kappa shape index (κ1) is 17.7. The highest BCUT2D eigenvalue weighted by atomic mass is 16.5. The van der Waals surface area contributed by atoms with Crippen LogP contribution in [0.1, 0.15) is 11.1 Å². The summed E-state index contributed by atoms with van der Waals surface area (Å²) >= 11 is 0. The molecule has 0 aliphatic rings. The Kier molecular flexibility index (Phi) is 6.49. The Morgan fingerprint density at radius 3 is 2.38 bits per heavy atom. The second-order valence-corrected chi connectivity index (χ2v) is 5.51. The number of carbonyl (C=O) groups excluding carboxylic acids is 1. The van der Waals surface area contributed by atoms with E-state index in [4.69, 9.17) is 9.47 Å². The van der Waals surface area contributed by atoms with E-state index in [1.165, 1.54) is 0 Å². The molecule has 0 bridgehead atoms. The van der Waals surface area contributed by atoms with Crippen LogP contribution in [0.4, 0.5) is 4.79 Å². The molecule has 0 unspecified atom stereocenters. The maximum Gasteiger partial charge on any atom is 0.317 e. The number of carbonyl (C=O) groups is 1. The monoisotopic (exact) mass is 328 g/mol. The van der Waals surface area contributed by atoms with Gasteiger partial charge >= 0.3 is 6.03 Å². The maximum atomic E-state index is 12.1. The second kappa shape index (κ2) is 8.82. The van der Waals surface area contributed by atoms with Gasteiger partial charge in [0.15, 0.2) is 11.5 Å². The zero-order valence-corrected chi connectivity index (χ0v) is 14.4. The number of rotatable bonds is 7. The van der Waals surface area contributed by atoms with Gasteiger partial charge in [-0.1, -0.05) is 36.4 Å². The van der Waals surface area contributed by atoms with Gasteiger partial charge in [0.05, 0.1) is 14.2 Å². The Balaban J connectivity index is 1.82. The minimum absolute atomic E-state index is 0.0840. The summed E-state index contributed by atoms with van der Waals surface area (Å²) in [4.78, 5) is 13.8. The van der Waals surface area contributed by atoms with Gasteiger partial charge in [-0.25, -0.2) is 4.79 Å². The minimum Gasteiger partial charge on any atom is -0.493 e. The van der Waals surface area contributed by atoms with Crippen LogP contribution in [0.25, 0.3) is 0 Å². The topological polar surface area (TPSA) is 50.8 Å². The fourth-order valence-corrected chi connectivity index (χ4v) is 2.41. The number of amides is 2. The van der Waals surface area contributed by atoms with Gasteiger partial charge in [0.2, 0.25) is 0 Å². The SMILES string of the molecule is COc1ccc(CCNC(=O)N(C)Cc2ccccc2)cc1OC. The molecule has 0 atom stereocenters. The van der Waals surface area contributed by atoms with Crippen molar-refractivity contribution in [2.75, 3.05) is 27.8 Å². The van der Waals surface area contributed by atoms with E-state index in [0.29, 0.717) is 24.6 Å². The largest absolute Gasteiger partial charge is 0.493 e. The number of hydrogen-bond acceptors (Lipinski definition) is 3. The number of urea groups is 1. The Labute approximate surface area is 143 Å². The van der Waals surface area contributed by atoms with Crippen molar-refractivity contribution in [3.05, 3.63) is 59.7 Å². The lowest BCUT2D eigenvalue weighted by molar-refractivity contribution is 0.207. The first-order valence-electron chi connectivity index (χ1n) is 7.88. The third-order valence-electron chi connectivity index (χ3n) is 3.75. The summed E-state index contributed by atoms with van der Waals surface area (Å²) in [7, 11) is 5.01. The van der Waals surface area contributed by atoms with E-state index in [1.54, 1.807) is 26.2 Å². The van der Waals surface area contributed by atoms with Gasteiger partial charge in [-0.2, -0.15) is 0 Å². The molecule has 128 valence electrons. The van der Waals surface area contributed by atoms with E-state index in [-0.39, 0.29) is 6.03 Å². The Morgan fingerprint density at radius 2 is 1.71 bits per heavy atom. The lowest BCUT2D eigenvalue weighted by atomic mass is 10.1. The van der Waals surface area contributed by atoms with Crippen LogP contribution >= 0.6 is 0 Å². The number of nitrogens with zero attached hydrogens (tertiary/aromatic N) is 1. The molecule has 5 nitrogen and oxygen atoms in total. The predicted octanol–water partition coefficient (Wildman–Crippen LogP) is 3.09. The molecule has 24 heavy (non-hydrogen) atoms. The number of ether oxygens (including phenoxy) is 2. The molecule has 2 aromatic carbocycles. The third kappa shape index (κ3) is 4.91. The average Bonchev–Trinajstić information content (AvgIpc) is 2.62. The zero-order valence-electron chi connectivity index (χ0n) is 14.4. The predicted molar refractivity (Wildman–Crippen MR) is 94.6 cm³/mol. The molecule has 2 rings (SSSR count). The van der Waals surface area contributed by atoms with Crippen molar-refractivity contribution in [1.82, 2.24) is 10.2 Å². The first-order chi connectivity index (χ1) is 11.6. The van der Waals surface area contributed by atoms with Crippen molar-refractivity contribution in [3.8, 4) is 11.5 Å². The van der Waals surface area contributed by atoms with E-state index in [0.717, 1.165) is 17.5 Å². The van der Waals surface area contributed by atoms with Crippen molar-refractivity contribution in [2.45, 2.75) is 13.0 Å². The number of nitrogens with one attached hydrogen (secondary N) is 1. The minimum atomic E-state index is -0.0840. The van der Waals surface area contributed by atoms with Crippen LogP contribution in [0.5, 0.6) is 11.5 Å². The second-order valence-electron chi connectivity index (χ2n) is 5.51. The fourth-order valence-electron chi connectivity index (χ4n) is 2.41. The number of methoxy groups -OCH3 is 2. The summed E-state index contributed by atoms with van der Waals surface area (Å²) in [5.74, 6) is 1.40. The fraction of sp³-hybridized carbons (Fsp3) is 0.316. The lowest BCUT2D eigenvalue weighted by Crippen LogP contribution is -2.37. The normalized spacial score (nSPS) is 10.1. The van der Waals surface area contributed by atoms with Gasteiger partial charge in [0.1, 0.15) is 0 Å². The highest BCUT2D eigenvalue weighted by Gasteiger charge is 2.09. The van der Waals surface area contributed by atoms with Crippen molar-refractivity contribution in [1.29, 1.82) is 0 Å². The van der Waals surface area contributed by atoms with Gasteiger partial charge in [0.25, 0.3) is 0 Å². The van der Waals surface area contributed by atoms with Crippen molar-refractivity contribution < 1.29 is 14.3 Å². The highest BCUT2D eigenvalue weighted by Crippen LogP contribution is 2.27. The molecule has 0 fully saturated rings. The smallest absolute Gasteiger partial charge is 0.317 e. The molecule has 2 amide bonds. The molecular weight excluding hydrogens is 304 g/mol. The summed E-state index contributed by atoms with van der Waals surface area (Å²) in [6.45, 7) is 1.15. The van der Waals surface area contributed by atoms with Crippen LogP contribution in [-0.4, -0.2) is 38.7 Å². The van der Waals surface area contributed by atoms with Crippen LogP contribution < -0.4 is 14.8 Å². The van der Waals surface area contributed by atoms with E-state index in [1.807, 2.05) is 48.5 Å². The standard InChI is InChI=1S/C19H24N2O3/c1-21(14-16-7-5-4-6-8-16)19(22)20-12-11-15-9-10-17(23-2)18(13-15)24-3/h4-10,13H,11-12,14H2,1-3H3,(H,20,22). The molecule has 0 aliphatic carbocycles. The molecule has 0 aliphatic heterocycles. The molecule has 1 N–H and O–H groups in total. The van der Waals surface area contributed by atoms with Crippen molar-refractivity contribution >= 4 is 6.03 Å². The van der Waals surface area contributed by atoms with Crippen LogP contribution in [0.2, 0.25) is 0 Å². The molecule has 0 spiro atoms. The van der Waals surface area contributed by atoms with Gasteiger partial charge in [-0.15, -0.1) is 0 Å². The number of hydrogen-bond donors (Lipinski definition) is 1. The Hall–Kier alpha value is -2.69. The van der Waals surface area contributed by atoms with Gasteiger partial charge in [0, 0.05) is 20.1 Å². The molecule has 0 saturated heterocycles. The van der Waals surface area contributed by atoms with E-state index < -0.39 is 0 Å². The number of benzene rings is 2. The Bertz CT molecular complexity index is 659. The molecule has 0 saturated carbocycles. The molecule has 0 radical (unpaired) electrons. The van der Waals surface area contributed by atoms with Crippen molar-refractivity contribution in [3.63, 3.8) is 0 Å². The molecule has 2 aromatic rings. The third-order valence-corrected chi connectivity index (χ3v) is 3.75. The van der Waals surface area contributed by atoms with Crippen LogP contribution in [0.15, 0.2) is 48.5 Å². The summed E-state index contributed by atoms with van der Waals surface area (Å²) in [5, 5.41) is 2.93. The molecule has 0 aromatic heterocycles. The van der Waals surface area contributed by atoms with Crippen LogP contribution in [0, 0.1) is 0 Å². The highest BCUT2D eigenvalue weighted by molar-refractivity contribution is 5.73. The Morgan fingerprint density at radius 1 is 1.00 bits per heavy atom. The van der Waals surface area contributed by atoms with E-state index >= 15 is 0 Å². The van der Waals surface area contributed by atoms with E-state index in [9.17, 15) is 4.79 Å². The average molecular weight is 328 g/mol. The summed E-state index contributed by atoms with van der Waals surface area (Å²) in [6, 6.07) is 15.6. The molecule has 0 heterocycles. The summed E-state index contributed by atoms with van der Waals surface area (Å²) in [5.41, 5.74) is 2.19. The van der Waals surface area contributed by atoms with E-state index in [2.05, 4.69) is 5.32 Å². The summed E-state index contributed by atoms with van der Waals surface area (Å²) < 4.78 is 10.5. The van der Waals surface area contributed by atoms with Crippen molar-refractivity contribution in [2.24, 2.45) is 0 Å². The summed E-state index contributed by atoms with van der Waals surface area (Å²) in [6.07, 6.45) is 0.727. The molecular formula is C19H24N2O3. The first-order valence-corrected chi connectivity index (χ1v) is 7.88. The molecule has 5 heteroatoms. The lowest BCUT2D eigenvalue weighted by Gasteiger charge is -2.18. The quantitative estimate of drug-likeness (QED) is 0.850. The van der Waals surface area contributed by atoms with Crippen LogP contribution in [0.3, 0.4) is 0 Å².